The SMILES string of the molecule is CCCNC(=O)C(CSSCC(NC(C)=O)C(=O)NCCC)NC(C)=O. The molecule has 0 rings (SSSR count). The van der Waals surface area contributed by atoms with Crippen LogP contribution >= 0.6 is 21.6 Å². The van der Waals surface area contributed by atoms with Crippen LogP contribution in [0.2, 0.25) is 0 Å². The summed E-state index contributed by atoms with van der Waals surface area (Å²) in [6.45, 7) is 7.73. The summed E-state index contributed by atoms with van der Waals surface area (Å²) in [6.07, 6.45) is 1.62. The van der Waals surface area contributed by atoms with Gasteiger partial charge in [0.15, 0.2) is 0 Å². The fraction of sp³-hybridized carbons (Fsp3) is 0.750. The summed E-state index contributed by atoms with van der Waals surface area (Å²) in [6, 6.07) is -1.27. The minimum atomic E-state index is -0.635. The molecule has 4 N–H and O–H groups in total. The summed E-state index contributed by atoms with van der Waals surface area (Å²) in [5.74, 6) is -0.278. The molecule has 8 nitrogen and oxygen atoms in total. The Morgan fingerprint density at radius 1 is 0.731 bits per heavy atom. The van der Waals surface area contributed by atoms with E-state index in [4.69, 9.17) is 0 Å². The number of carbonyl (C=O) groups excluding carboxylic acids is 4. The van der Waals surface area contributed by atoms with Gasteiger partial charge in [0.25, 0.3) is 0 Å². The van der Waals surface area contributed by atoms with Gasteiger partial charge in [-0.25, -0.2) is 0 Å². The zero-order chi connectivity index (χ0) is 19.9. The van der Waals surface area contributed by atoms with Crippen LogP contribution in [0.4, 0.5) is 0 Å². The Morgan fingerprint density at radius 3 is 1.35 bits per heavy atom. The molecule has 0 aromatic rings. The number of hydrogen-bond acceptors (Lipinski definition) is 6. The standard InChI is InChI=1S/C16H30N4O4S2/c1-5-7-17-15(23)13(19-11(3)21)9-25-26-10-14(20-12(4)22)16(24)18-8-6-2/h13-14H,5-10H2,1-4H3,(H,17,23)(H,18,24)(H,19,21)(H,20,22). The van der Waals surface area contributed by atoms with Gasteiger partial charge in [-0.3, -0.25) is 19.2 Å². The fourth-order valence-corrected chi connectivity index (χ4v) is 4.16. The van der Waals surface area contributed by atoms with Gasteiger partial charge in [0.1, 0.15) is 12.1 Å². The van der Waals surface area contributed by atoms with E-state index < -0.39 is 12.1 Å². The zero-order valence-electron chi connectivity index (χ0n) is 15.8. The number of nitrogens with one attached hydrogen (secondary N) is 4. The van der Waals surface area contributed by atoms with Crippen molar-refractivity contribution in [2.45, 2.75) is 52.6 Å². The first-order valence-electron chi connectivity index (χ1n) is 8.65. The van der Waals surface area contributed by atoms with Crippen LogP contribution in [0.3, 0.4) is 0 Å². The number of amides is 4. The maximum Gasteiger partial charge on any atom is 0.243 e. The first-order chi connectivity index (χ1) is 12.3. The lowest BCUT2D eigenvalue weighted by Crippen LogP contribution is -2.48. The quantitative estimate of drug-likeness (QED) is 0.260. The lowest BCUT2D eigenvalue weighted by Gasteiger charge is -2.19. The van der Waals surface area contributed by atoms with Crippen molar-refractivity contribution in [1.82, 2.24) is 21.3 Å². The summed E-state index contributed by atoms with van der Waals surface area (Å²) >= 11 is 0. The van der Waals surface area contributed by atoms with Crippen molar-refractivity contribution in [3.63, 3.8) is 0 Å². The Kier molecular flexibility index (Phi) is 13.9. The van der Waals surface area contributed by atoms with E-state index in [0.717, 1.165) is 12.8 Å². The normalized spacial score (nSPS) is 12.6. The maximum absolute atomic E-state index is 12.1. The summed E-state index contributed by atoms with van der Waals surface area (Å²) in [5, 5.41) is 10.8. The molecule has 0 aromatic heterocycles. The molecule has 0 aliphatic heterocycles. The van der Waals surface area contributed by atoms with E-state index in [-0.39, 0.29) is 23.6 Å². The highest BCUT2D eigenvalue weighted by molar-refractivity contribution is 8.76. The van der Waals surface area contributed by atoms with E-state index in [9.17, 15) is 19.2 Å². The molecule has 0 saturated carbocycles. The van der Waals surface area contributed by atoms with Gasteiger partial charge in [-0.15, -0.1) is 0 Å². The van der Waals surface area contributed by atoms with Gasteiger partial charge in [0, 0.05) is 38.4 Å². The highest BCUT2D eigenvalue weighted by Gasteiger charge is 2.22. The molecule has 4 amide bonds. The van der Waals surface area contributed by atoms with Gasteiger partial charge in [-0.2, -0.15) is 0 Å². The van der Waals surface area contributed by atoms with E-state index in [1.54, 1.807) is 0 Å². The van der Waals surface area contributed by atoms with E-state index in [1.807, 2.05) is 13.8 Å². The van der Waals surface area contributed by atoms with Crippen molar-refractivity contribution in [2.75, 3.05) is 24.6 Å². The van der Waals surface area contributed by atoms with Crippen LogP contribution < -0.4 is 21.3 Å². The first-order valence-corrected chi connectivity index (χ1v) is 11.1. The highest BCUT2D eigenvalue weighted by atomic mass is 33.1. The predicted octanol–water partition coefficient (Wildman–Crippen LogP) is 0.430. The third-order valence-corrected chi connectivity index (χ3v) is 5.46. The van der Waals surface area contributed by atoms with Gasteiger partial charge in [-0.1, -0.05) is 35.4 Å². The Morgan fingerprint density at radius 2 is 1.08 bits per heavy atom. The van der Waals surface area contributed by atoms with Crippen molar-refractivity contribution in [1.29, 1.82) is 0 Å². The van der Waals surface area contributed by atoms with E-state index in [0.29, 0.717) is 24.6 Å². The van der Waals surface area contributed by atoms with Crippen LogP contribution in [-0.2, 0) is 19.2 Å². The van der Waals surface area contributed by atoms with Crippen molar-refractivity contribution in [3.8, 4) is 0 Å². The van der Waals surface area contributed by atoms with Crippen molar-refractivity contribution < 1.29 is 19.2 Å². The molecule has 0 aliphatic carbocycles. The second-order valence-corrected chi connectivity index (χ2v) is 8.21. The third-order valence-electron chi connectivity index (χ3n) is 3.04. The fourth-order valence-electron chi connectivity index (χ4n) is 1.83. The van der Waals surface area contributed by atoms with Crippen LogP contribution in [0.15, 0.2) is 0 Å². The van der Waals surface area contributed by atoms with Crippen molar-refractivity contribution >= 4 is 45.2 Å². The van der Waals surface area contributed by atoms with Gasteiger partial charge in [0.2, 0.25) is 23.6 Å². The summed E-state index contributed by atoms with van der Waals surface area (Å²) in [7, 11) is 2.74. The smallest absolute Gasteiger partial charge is 0.243 e. The number of carbonyl (C=O) groups is 4. The topological polar surface area (TPSA) is 116 Å². The molecule has 26 heavy (non-hydrogen) atoms. The van der Waals surface area contributed by atoms with Gasteiger partial charge in [0.05, 0.1) is 0 Å². The van der Waals surface area contributed by atoms with Crippen LogP contribution in [0.25, 0.3) is 0 Å². The van der Waals surface area contributed by atoms with Gasteiger partial charge in [-0.05, 0) is 12.8 Å². The number of rotatable bonds is 13. The molecule has 0 spiro atoms. The second-order valence-electron chi connectivity index (χ2n) is 5.66. The molecule has 0 aromatic carbocycles. The molecule has 150 valence electrons. The molecule has 0 fully saturated rings. The minimum Gasteiger partial charge on any atom is -0.354 e. The molecular weight excluding hydrogens is 376 g/mol. The van der Waals surface area contributed by atoms with E-state index in [1.165, 1.54) is 35.4 Å². The lowest BCUT2D eigenvalue weighted by atomic mass is 10.3. The largest absolute Gasteiger partial charge is 0.354 e. The van der Waals surface area contributed by atoms with E-state index in [2.05, 4.69) is 21.3 Å². The van der Waals surface area contributed by atoms with E-state index >= 15 is 0 Å². The Bertz CT molecular complexity index is 435. The van der Waals surface area contributed by atoms with Crippen LogP contribution in [0.1, 0.15) is 40.5 Å². The Hall–Kier alpha value is -1.42. The molecule has 0 aliphatic rings. The molecule has 2 atom stereocenters. The van der Waals surface area contributed by atoms with Crippen LogP contribution in [-0.4, -0.2) is 60.3 Å². The molecule has 10 heteroatoms. The average molecular weight is 407 g/mol. The molecule has 2 unspecified atom stereocenters. The molecular formula is C16H30N4O4S2. The Balaban J connectivity index is 4.49. The second kappa shape index (κ2) is 14.7. The summed E-state index contributed by atoms with van der Waals surface area (Å²) in [5.41, 5.74) is 0. The van der Waals surface area contributed by atoms with Gasteiger partial charge >= 0.3 is 0 Å². The molecule has 0 heterocycles. The predicted molar refractivity (Wildman–Crippen MR) is 107 cm³/mol. The number of hydrogen-bond donors (Lipinski definition) is 4. The zero-order valence-corrected chi connectivity index (χ0v) is 17.5. The monoisotopic (exact) mass is 406 g/mol. The highest BCUT2D eigenvalue weighted by Crippen LogP contribution is 2.23. The first kappa shape index (κ1) is 24.6. The lowest BCUT2D eigenvalue weighted by molar-refractivity contribution is -0.127. The van der Waals surface area contributed by atoms with Crippen LogP contribution in [0, 0.1) is 0 Å². The average Bonchev–Trinajstić information content (AvgIpc) is 2.58. The molecule has 0 saturated heterocycles. The molecule has 0 bridgehead atoms. The third kappa shape index (κ3) is 12.0. The Labute approximate surface area is 163 Å². The minimum absolute atomic E-state index is 0.228. The summed E-state index contributed by atoms with van der Waals surface area (Å²) in [4.78, 5) is 46.7. The van der Waals surface area contributed by atoms with Crippen molar-refractivity contribution in [3.05, 3.63) is 0 Å². The van der Waals surface area contributed by atoms with Crippen molar-refractivity contribution in [2.24, 2.45) is 0 Å². The van der Waals surface area contributed by atoms with Crippen LogP contribution in [0.5, 0.6) is 0 Å². The molecule has 0 radical (unpaired) electrons. The summed E-state index contributed by atoms with van der Waals surface area (Å²) < 4.78 is 0. The maximum atomic E-state index is 12.1. The van der Waals surface area contributed by atoms with Gasteiger partial charge < -0.3 is 21.3 Å².